The molecule has 0 aliphatic heterocycles. The smallest absolute Gasteiger partial charge is 0.305 e. The van der Waals surface area contributed by atoms with E-state index < -0.39 is 5.97 Å². The quantitative estimate of drug-likeness (QED) is 0.553. The number of rotatable bonds is 6. The number of carboxylic acid groups (broad SMARTS) is 1. The number of carbonyl (C=O) groups excluding carboxylic acids is 1. The van der Waals surface area contributed by atoms with E-state index in [4.69, 9.17) is 10.8 Å². The summed E-state index contributed by atoms with van der Waals surface area (Å²) in [6.07, 6.45) is 0.274. The standard InChI is InChI=1S/C7H15N2O3P/c8-2-4-9(6(10)5-13)3-1-7(11)12/h1-5,8,13H2,(H,11,12). The van der Waals surface area contributed by atoms with E-state index in [9.17, 15) is 9.59 Å². The monoisotopic (exact) mass is 206 g/mol. The Bertz CT molecular complexity index is 187. The third-order valence-electron chi connectivity index (χ3n) is 1.52. The second-order valence-electron chi connectivity index (χ2n) is 2.52. The Morgan fingerprint density at radius 3 is 2.38 bits per heavy atom. The van der Waals surface area contributed by atoms with E-state index in [1.807, 2.05) is 0 Å². The summed E-state index contributed by atoms with van der Waals surface area (Å²) in [7, 11) is 2.31. The minimum Gasteiger partial charge on any atom is -0.481 e. The second kappa shape index (κ2) is 6.80. The second-order valence-corrected chi connectivity index (χ2v) is 2.93. The molecule has 0 saturated carbocycles. The zero-order valence-corrected chi connectivity index (χ0v) is 8.56. The average Bonchev–Trinajstić information content (AvgIpc) is 2.10. The molecule has 0 bridgehead atoms. The average molecular weight is 206 g/mol. The Labute approximate surface area is 79.5 Å². The Morgan fingerprint density at radius 1 is 1.38 bits per heavy atom. The van der Waals surface area contributed by atoms with Crippen LogP contribution in [0.3, 0.4) is 0 Å². The summed E-state index contributed by atoms with van der Waals surface area (Å²) in [4.78, 5) is 22.9. The van der Waals surface area contributed by atoms with Crippen LogP contribution >= 0.6 is 9.24 Å². The summed E-state index contributed by atoms with van der Waals surface area (Å²) in [5, 5.41) is 8.41. The number of hydrogen-bond acceptors (Lipinski definition) is 3. The van der Waals surface area contributed by atoms with E-state index in [0.717, 1.165) is 0 Å². The fourth-order valence-electron chi connectivity index (χ4n) is 0.877. The molecule has 1 unspecified atom stereocenters. The molecule has 13 heavy (non-hydrogen) atoms. The first-order valence-electron chi connectivity index (χ1n) is 4.01. The van der Waals surface area contributed by atoms with Gasteiger partial charge in [-0.3, -0.25) is 9.59 Å². The van der Waals surface area contributed by atoms with Crippen LogP contribution in [-0.4, -0.2) is 47.7 Å². The maximum atomic E-state index is 11.2. The third-order valence-corrected chi connectivity index (χ3v) is 1.87. The number of carbonyl (C=O) groups is 2. The molecule has 6 heteroatoms. The lowest BCUT2D eigenvalue weighted by molar-refractivity contribution is -0.138. The summed E-state index contributed by atoms with van der Waals surface area (Å²) < 4.78 is 0. The molecular formula is C7H15N2O3P. The van der Waals surface area contributed by atoms with Crippen molar-refractivity contribution in [1.29, 1.82) is 0 Å². The van der Waals surface area contributed by atoms with Crippen LogP contribution in [0, 0.1) is 0 Å². The fourth-order valence-corrected chi connectivity index (χ4v) is 1.13. The maximum Gasteiger partial charge on any atom is 0.305 e. The highest BCUT2D eigenvalue weighted by Gasteiger charge is 2.11. The van der Waals surface area contributed by atoms with Crippen molar-refractivity contribution in [2.75, 3.05) is 25.8 Å². The molecular weight excluding hydrogens is 191 g/mol. The molecule has 0 aromatic carbocycles. The molecule has 0 saturated heterocycles. The SMILES string of the molecule is NCCN(CCC(=O)O)C(=O)CP. The zero-order chi connectivity index (χ0) is 10.3. The van der Waals surface area contributed by atoms with Gasteiger partial charge in [0.15, 0.2) is 0 Å². The first-order valence-corrected chi connectivity index (χ1v) is 4.83. The number of nitrogens with two attached hydrogens (primary N) is 1. The van der Waals surface area contributed by atoms with Gasteiger partial charge < -0.3 is 15.7 Å². The van der Waals surface area contributed by atoms with Gasteiger partial charge in [0.25, 0.3) is 0 Å². The Kier molecular flexibility index (Phi) is 6.45. The zero-order valence-electron chi connectivity index (χ0n) is 7.40. The molecule has 0 aromatic heterocycles. The lowest BCUT2D eigenvalue weighted by atomic mass is 10.3. The minimum atomic E-state index is -0.904. The van der Waals surface area contributed by atoms with Crippen molar-refractivity contribution in [3.63, 3.8) is 0 Å². The number of amides is 1. The van der Waals surface area contributed by atoms with Gasteiger partial charge >= 0.3 is 5.97 Å². The predicted molar refractivity (Wildman–Crippen MR) is 52.5 cm³/mol. The summed E-state index contributed by atoms with van der Waals surface area (Å²) in [6.45, 7) is 1.01. The summed E-state index contributed by atoms with van der Waals surface area (Å²) in [6, 6.07) is 0. The van der Waals surface area contributed by atoms with E-state index >= 15 is 0 Å². The van der Waals surface area contributed by atoms with Gasteiger partial charge in [-0.2, -0.15) is 0 Å². The molecule has 3 N–H and O–H groups in total. The van der Waals surface area contributed by atoms with Crippen LogP contribution in [0.4, 0.5) is 0 Å². The normalized spacial score (nSPS) is 9.69. The summed E-state index contributed by atoms with van der Waals surface area (Å²) in [5.41, 5.74) is 5.28. The van der Waals surface area contributed by atoms with Crippen molar-refractivity contribution in [1.82, 2.24) is 4.90 Å². The van der Waals surface area contributed by atoms with Crippen LogP contribution < -0.4 is 5.73 Å². The highest BCUT2D eigenvalue weighted by Crippen LogP contribution is 1.95. The number of aliphatic carboxylic acids is 1. The molecule has 0 fully saturated rings. The van der Waals surface area contributed by atoms with Crippen LogP contribution in [0.15, 0.2) is 0 Å². The highest BCUT2D eigenvalue weighted by atomic mass is 31.0. The Morgan fingerprint density at radius 2 is 2.00 bits per heavy atom. The van der Waals surface area contributed by atoms with Crippen LogP contribution in [0.5, 0.6) is 0 Å². The molecule has 5 nitrogen and oxygen atoms in total. The largest absolute Gasteiger partial charge is 0.481 e. The third kappa shape index (κ3) is 5.55. The molecule has 0 aliphatic carbocycles. The minimum absolute atomic E-state index is 0.0313. The van der Waals surface area contributed by atoms with Crippen LogP contribution in [0.25, 0.3) is 0 Å². The lowest BCUT2D eigenvalue weighted by Crippen LogP contribution is -2.37. The van der Waals surface area contributed by atoms with E-state index in [1.54, 1.807) is 0 Å². The number of carboxylic acids is 1. The molecule has 0 spiro atoms. The molecule has 1 amide bonds. The summed E-state index contributed by atoms with van der Waals surface area (Å²) >= 11 is 0. The van der Waals surface area contributed by atoms with Crippen LogP contribution in [-0.2, 0) is 9.59 Å². The van der Waals surface area contributed by atoms with Crippen LogP contribution in [0.1, 0.15) is 6.42 Å². The van der Waals surface area contributed by atoms with Crippen LogP contribution in [0.2, 0.25) is 0 Å². The lowest BCUT2D eigenvalue weighted by Gasteiger charge is -2.20. The van der Waals surface area contributed by atoms with Gasteiger partial charge in [-0.05, 0) is 0 Å². The van der Waals surface area contributed by atoms with Gasteiger partial charge in [-0.1, -0.05) is 0 Å². The molecule has 1 atom stereocenters. The first kappa shape index (κ1) is 12.3. The van der Waals surface area contributed by atoms with Gasteiger partial charge in [-0.15, -0.1) is 9.24 Å². The molecule has 0 rings (SSSR count). The van der Waals surface area contributed by atoms with Crippen molar-refractivity contribution in [2.45, 2.75) is 6.42 Å². The highest BCUT2D eigenvalue weighted by molar-refractivity contribution is 7.18. The Balaban J connectivity index is 3.93. The van der Waals surface area contributed by atoms with Crippen molar-refractivity contribution < 1.29 is 14.7 Å². The van der Waals surface area contributed by atoms with E-state index in [2.05, 4.69) is 9.24 Å². The van der Waals surface area contributed by atoms with Gasteiger partial charge in [0, 0.05) is 25.8 Å². The van der Waals surface area contributed by atoms with E-state index in [-0.39, 0.29) is 18.9 Å². The predicted octanol–water partition coefficient (Wildman–Crippen LogP) is -0.877. The van der Waals surface area contributed by atoms with Crippen molar-refractivity contribution in [3.05, 3.63) is 0 Å². The van der Waals surface area contributed by atoms with Gasteiger partial charge in [0.2, 0.25) is 5.91 Å². The van der Waals surface area contributed by atoms with Gasteiger partial charge in [0.1, 0.15) is 0 Å². The molecule has 0 heterocycles. The van der Waals surface area contributed by atoms with Crippen molar-refractivity contribution >= 4 is 21.1 Å². The van der Waals surface area contributed by atoms with Gasteiger partial charge in [-0.25, -0.2) is 0 Å². The van der Waals surface area contributed by atoms with E-state index in [1.165, 1.54) is 4.90 Å². The maximum absolute atomic E-state index is 11.2. The van der Waals surface area contributed by atoms with E-state index in [0.29, 0.717) is 19.3 Å². The molecule has 0 aliphatic rings. The first-order chi connectivity index (χ1) is 6.11. The Hall–Kier alpha value is -0.670. The summed E-state index contributed by atoms with van der Waals surface area (Å²) in [5.74, 6) is -0.990. The number of hydrogen-bond donors (Lipinski definition) is 2. The molecule has 0 aromatic rings. The van der Waals surface area contributed by atoms with Gasteiger partial charge in [0.05, 0.1) is 6.42 Å². The topological polar surface area (TPSA) is 83.6 Å². The molecule has 76 valence electrons. The number of nitrogens with zero attached hydrogens (tertiary/aromatic N) is 1. The van der Waals surface area contributed by atoms with Crippen molar-refractivity contribution in [2.24, 2.45) is 5.73 Å². The fraction of sp³-hybridized carbons (Fsp3) is 0.714. The molecule has 0 radical (unpaired) electrons. The van der Waals surface area contributed by atoms with Crippen molar-refractivity contribution in [3.8, 4) is 0 Å².